The molecular weight excluding hydrogens is 489 g/mol. The lowest BCUT2D eigenvalue weighted by molar-refractivity contribution is 0.130. The quantitative estimate of drug-likeness (QED) is 0.348. The van der Waals surface area contributed by atoms with Crippen molar-refractivity contribution < 1.29 is 4.74 Å². The molecule has 6 nitrogen and oxygen atoms in total. The average Bonchev–Trinajstić information content (AvgIpc) is 2.76. The number of aliphatic imine (C=N–C) groups is 1. The summed E-state index contributed by atoms with van der Waals surface area (Å²) in [6.07, 6.45) is 0.899. The first-order valence-corrected chi connectivity index (χ1v) is 10.5. The van der Waals surface area contributed by atoms with Crippen LogP contribution in [0, 0.1) is 0 Å². The second kappa shape index (κ2) is 11.5. The van der Waals surface area contributed by atoms with Crippen molar-refractivity contribution in [3.63, 3.8) is 0 Å². The van der Waals surface area contributed by atoms with Crippen molar-refractivity contribution in [1.29, 1.82) is 0 Å². The molecule has 0 aromatic heterocycles. The molecule has 0 aliphatic carbocycles. The number of piperazine rings is 1. The number of ether oxygens (including phenoxy) is 1. The second-order valence-electron chi connectivity index (χ2n) is 7.74. The molecule has 1 fully saturated rings. The Morgan fingerprint density at radius 3 is 2.50 bits per heavy atom. The van der Waals surface area contributed by atoms with Crippen LogP contribution < -0.4 is 15.8 Å². The first kappa shape index (κ1) is 22.8. The Labute approximate surface area is 196 Å². The van der Waals surface area contributed by atoms with Crippen molar-refractivity contribution in [2.75, 3.05) is 45.9 Å². The van der Waals surface area contributed by atoms with E-state index < -0.39 is 0 Å². The van der Waals surface area contributed by atoms with E-state index in [1.54, 1.807) is 0 Å². The van der Waals surface area contributed by atoms with Gasteiger partial charge in [-0.2, -0.15) is 0 Å². The fourth-order valence-corrected chi connectivity index (χ4v) is 4.04. The normalized spacial score (nSPS) is 20.0. The van der Waals surface area contributed by atoms with Crippen LogP contribution in [0.3, 0.4) is 0 Å². The Hall–Kier alpha value is -1.84. The fraction of sp³-hybridized carbons (Fsp3) is 0.435. The minimum absolute atomic E-state index is 0. The van der Waals surface area contributed by atoms with Crippen molar-refractivity contribution in [2.24, 2.45) is 10.7 Å². The Morgan fingerprint density at radius 1 is 1.00 bits per heavy atom. The predicted molar refractivity (Wildman–Crippen MR) is 132 cm³/mol. The summed E-state index contributed by atoms with van der Waals surface area (Å²) in [5, 5.41) is 3.37. The summed E-state index contributed by atoms with van der Waals surface area (Å²) in [6.45, 7) is 7.79. The summed E-state index contributed by atoms with van der Waals surface area (Å²) in [4.78, 5) is 9.55. The first-order chi connectivity index (χ1) is 14.3. The van der Waals surface area contributed by atoms with Crippen molar-refractivity contribution in [3.8, 4) is 5.75 Å². The lowest BCUT2D eigenvalue weighted by atomic mass is 10.0. The molecule has 162 valence electrons. The van der Waals surface area contributed by atoms with Gasteiger partial charge in [-0.15, -0.1) is 24.0 Å². The van der Waals surface area contributed by atoms with Crippen molar-refractivity contribution >= 4 is 29.9 Å². The van der Waals surface area contributed by atoms with Crippen LogP contribution >= 0.6 is 24.0 Å². The van der Waals surface area contributed by atoms with Crippen LogP contribution in [0.5, 0.6) is 5.75 Å². The zero-order valence-corrected chi connectivity index (χ0v) is 19.7. The number of nitrogens with two attached hydrogens (primary N) is 1. The maximum absolute atomic E-state index is 6.16. The van der Waals surface area contributed by atoms with Gasteiger partial charge in [-0.1, -0.05) is 48.5 Å². The minimum atomic E-state index is 0. The smallest absolute Gasteiger partial charge is 0.189 e. The van der Waals surface area contributed by atoms with Crippen molar-refractivity contribution in [1.82, 2.24) is 15.1 Å². The third-order valence-electron chi connectivity index (χ3n) is 5.69. The van der Waals surface area contributed by atoms with Gasteiger partial charge in [-0.25, -0.2) is 0 Å². The van der Waals surface area contributed by atoms with Gasteiger partial charge >= 0.3 is 0 Å². The van der Waals surface area contributed by atoms with Gasteiger partial charge in [-0.3, -0.25) is 14.8 Å². The van der Waals surface area contributed by atoms with E-state index in [0.717, 1.165) is 63.5 Å². The molecule has 2 aliphatic heterocycles. The topological polar surface area (TPSA) is 66.1 Å². The highest BCUT2D eigenvalue weighted by atomic mass is 127. The van der Waals surface area contributed by atoms with Crippen LogP contribution in [-0.2, 0) is 6.54 Å². The highest BCUT2D eigenvalue weighted by Gasteiger charge is 2.21. The van der Waals surface area contributed by atoms with Gasteiger partial charge in [0, 0.05) is 51.3 Å². The molecule has 2 aromatic carbocycles. The van der Waals surface area contributed by atoms with Gasteiger partial charge in [0.1, 0.15) is 5.75 Å². The number of rotatable bonds is 6. The Balaban J connectivity index is 0.00000256. The van der Waals surface area contributed by atoms with Gasteiger partial charge in [0.25, 0.3) is 0 Å². The molecule has 0 amide bonds. The van der Waals surface area contributed by atoms with Gasteiger partial charge in [0.05, 0.1) is 19.2 Å². The third kappa shape index (κ3) is 6.33. The average molecular weight is 521 g/mol. The molecule has 1 atom stereocenters. The molecule has 0 radical (unpaired) electrons. The van der Waals surface area contributed by atoms with Gasteiger partial charge in [0.15, 0.2) is 5.96 Å². The number of hydrogen-bond acceptors (Lipinski definition) is 4. The standard InChI is InChI=1S/C23H31N5O.HI/c24-23(26-21-10-17-29-22-9-5-4-8-20(21)22)25-11-12-27-13-15-28(16-14-27)18-19-6-2-1-3-7-19;/h1-9,21H,10-18H2,(H3,24,25,26);1H. The summed E-state index contributed by atoms with van der Waals surface area (Å²) < 4.78 is 5.71. The molecule has 30 heavy (non-hydrogen) atoms. The van der Waals surface area contributed by atoms with Crippen LogP contribution in [0.25, 0.3) is 0 Å². The van der Waals surface area contributed by atoms with Crippen molar-refractivity contribution in [2.45, 2.75) is 19.0 Å². The monoisotopic (exact) mass is 521 g/mol. The summed E-state index contributed by atoms with van der Waals surface area (Å²) in [5.74, 6) is 1.46. The summed E-state index contributed by atoms with van der Waals surface area (Å²) >= 11 is 0. The summed E-state index contributed by atoms with van der Waals surface area (Å²) in [6, 6.07) is 19.0. The van der Waals surface area contributed by atoms with E-state index >= 15 is 0 Å². The molecular formula is C23H32IN5O. The number of nitrogens with zero attached hydrogens (tertiary/aromatic N) is 3. The van der Waals surface area contributed by atoms with E-state index in [-0.39, 0.29) is 30.0 Å². The van der Waals surface area contributed by atoms with Crippen LogP contribution in [0.15, 0.2) is 59.6 Å². The van der Waals surface area contributed by atoms with Crippen LogP contribution in [0.2, 0.25) is 0 Å². The highest BCUT2D eigenvalue weighted by Crippen LogP contribution is 2.31. The Bertz CT molecular complexity index is 808. The number of hydrogen-bond donors (Lipinski definition) is 2. The van der Waals surface area contributed by atoms with E-state index in [2.05, 4.69) is 56.5 Å². The third-order valence-corrected chi connectivity index (χ3v) is 5.69. The molecule has 2 heterocycles. The molecule has 0 spiro atoms. The zero-order valence-electron chi connectivity index (χ0n) is 17.4. The van der Waals surface area contributed by atoms with Crippen LogP contribution in [0.1, 0.15) is 23.6 Å². The van der Waals surface area contributed by atoms with Crippen molar-refractivity contribution in [3.05, 3.63) is 65.7 Å². The first-order valence-electron chi connectivity index (χ1n) is 10.5. The van der Waals surface area contributed by atoms with E-state index in [1.165, 1.54) is 5.56 Å². The summed E-state index contributed by atoms with van der Waals surface area (Å²) in [7, 11) is 0. The number of para-hydroxylation sites is 1. The number of fused-ring (bicyclic) bond motifs is 1. The summed E-state index contributed by atoms with van der Waals surface area (Å²) in [5.41, 5.74) is 8.70. The largest absolute Gasteiger partial charge is 0.493 e. The van der Waals surface area contributed by atoms with Gasteiger partial charge in [-0.05, 0) is 11.6 Å². The molecule has 7 heteroatoms. The molecule has 2 aliphatic rings. The fourth-order valence-electron chi connectivity index (χ4n) is 4.04. The lowest BCUT2D eigenvalue weighted by Crippen LogP contribution is -2.46. The molecule has 2 aromatic rings. The van der Waals surface area contributed by atoms with E-state index in [1.807, 2.05) is 18.2 Å². The van der Waals surface area contributed by atoms with E-state index in [0.29, 0.717) is 12.6 Å². The molecule has 0 saturated carbocycles. The SMILES string of the molecule is I.NC(=NCCN1CCN(Cc2ccccc2)CC1)NC1CCOc2ccccc21. The molecule has 4 rings (SSSR count). The number of halogens is 1. The van der Waals surface area contributed by atoms with Gasteiger partial charge in [0.2, 0.25) is 0 Å². The Kier molecular flexibility index (Phi) is 8.77. The molecule has 1 saturated heterocycles. The molecule has 3 N–H and O–H groups in total. The molecule has 0 bridgehead atoms. The maximum Gasteiger partial charge on any atom is 0.189 e. The minimum Gasteiger partial charge on any atom is -0.493 e. The number of benzene rings is 2. The number of guanidine groups is 1. The maximum atomic E-state index is 6.16. The van der Waals surface area contributed by atoms with E-state index in [4.69, 9.17) is 10.5 Å². The Morgan fingerprint density at radius 2 is 1.70 bits per heavy atom. The van der Waals surface area contributed by atoms with Gasteiger partial charge < -0.3 is 15.8 Å². The van der Waals surface area contributed by atoms with Crippen LogP contribution in [-0.4, -0.2) is 61.6 Å². The highest BCUT2D eigenvalue weighted by molar-refractivity contribution is 14.0. The molecule has 1 unspecified atom stereocenters. The lowest BCUT2D eigenvalue weighted by Gasteiger charge is -2.34. The zero-order chi connectivity index (χ0) is 19.9. The van der Waals surface area contributed by atoms with Crippen LogP contribution in [0.4, 0.5) is 0 Å². The predicted octanol–water partition coefficient (Wildman–Crippen LogP) is 2.85. The number of nitrogens with one attached hydrogen (secondary N) is 1. The second-order valence-corrected chi connectivity index (χ2v) is 7.74. The van der Waals surface area contributed by atoms with E-state index in [9.17, 15) is 0 Å².